The van der Waals surface area contributed by atoms with Crippen molar-refractivity contribution in [1.82, 2.24) is 20.9 Å². The van der Waals surface area contributed by atoms with E-state index in [0.717, 1.165) is 26.7 Å². The zero-order valence-electron chi connectivity index (χ0n) is 16.7. The molecule has 0 saturated heterocycles. The summed E-state index contributed by atoms with van der Waals surface area (Å²) in [5.74, 6) is -0.249. The molecular weight excluding hydrogens is 420 g/mol. The Hall–Kier alpha value is -2.90. The predicted octanol–water partition coefficient (Wildman–Crippen LogP) is 4.45. The van der Waals surface area contributed by atoms with Crippen molar-refractivity contribution in [3.8, 4) is 10.6 Å². The summed E-state index contributed by atoms with van der Waals surface area (Å²) in [7, 11) is 0. The molecule has 0 spiro atoms. The van der Waals surface area contributed by atoms with Crippen molar-refractivity contribution in [3.05, 3.63) is 75.8 Å². The summed E-state index contributed by atoms with van der Waals surface area (Å²) in [6.07, 6.45) is 0. The van der Waals surface area contributed by atoms with Crippen LogP contribution in [0.5, 0.6) is 0 Å². The molecule has 0 aliphatic carbocycles. The Balaban J connectivity index is 1.49. The molecule has 6 nitrogen and oxygen atoms in total. The number of amides is 3. The lowest BCUT2D eigenvalue weighted by Crippen LogP contribution is -2.42. The molecule has 156 valence electrons. The zero-order valence-corrected chi connectivity index (χ0v) is 18.3. The van der Waals surface area contributed by atoms with E-state index in [2.05, 4.69) is 20.9 Å². The highest BCUT2D eigenvalue weighted by molar-refractivity contribution is 7.15. The van der Waals surface area contributed by atoms with Gasteiger partial charge in [-0.1, -0.05) is 54.1 Å². The Bertz CT molecular complexity index is 1010. The van der Waals surface area contributed by atoms with Gasteiger partial charge in [0.25, 0.3) is 0 Å². The molecule has 3 N–H and O–H groups in total. The molecule has 8 heteroatoms. The second-order valence-electron chi connectivity index (χ2n) is 6.79. The van der Waals surface area contributed by atoms with E-state index in [0.29, 0.717) is 11.6 Å². The van der Waals surface area contributed by atoms with Gasteiger partial charge in [0.15, 0.2) is 0 Å². The number of hydrogen-bond donors (Lipinski definition) is 3. The molecule has 0 aliphatic heterocycles. The van der Waals surface area contributed by atoms with Crippen LogP contribution in [0.15, 0.2) is 54.6 Å². The summed E-state index contributed by atoms with van der Waals surface area (Å²) >= 11 is 7.47. The van der Waals surface area contributed by atoms with E-state index in [9.17, 15) is 9.59 Å². The number of carbonyl (C=O) groups excluding carboxylic acids is 2. The number of benzene rings is 2. The Morgan fingerprint density at radius 1 is 1.07 bits per heavy atom. The second-order valence-corrected chi connectivity index (χ2v) is 8.25. The lowest BCUT2D eigenvalue weighted by molar-refractivity contribution is -0.120. The van der Waals surface area contributed by atoms with Gasteiger partial charge in [0, 0.05) is 17.1 Å². The highest BCUT2D eigenvalue weighted by Gasteiger charge is 2.17. The van der Waals surface area contributed by atoms with Gasteiger partial charge >= 0.3 is 6.03 Å². The Morgan fingerprint density at radius 2 is 1.77 bits per heavy atom. The lowest BCUT2D eigenvalue weighted by Gasteiger charge is -2.14. The average molecular weight is 443 g/mol. The maximum atomic E-state index is 12.2. The average Bonchev–Trinajstić information content (AvgIpc) is 3.13. The summed E-state index contributed by atoms with van der Waals surface area (Å²) in [4.78, 5) is 29.7. The fourth-order valence-corrected chi connectivity index (χ4v) is 4.06. The van der Waals surface area contributed by atoms with Crippen molar-refractivity contribution in [2.45, 2.75) is 26.4 Å². The third-order valence-electron chi connectivity index (χ3n) is 4.41. The minimum Gasteiger partial charge on any atom is -0.350 e. The van der Waals surface area contributed by atoms with Crippen molar-refractivity contribution >= 4 is 34.9 Å². The van der Waals surface area contributed by atoms with E-state index in [1.165, 1.54) is 11.3 Å². The fourth-order valence-electron chi connectivity index (χ4n) is 2.86. The summed E-state index contributed by atoms with van der Waals surface area (Å²) in [5.41, 5.74) is 2.84. The first-order chi connectivity index (χ1) is 14.4. The molecule has 1 atom stereocenters. The van der Waals surface area contributed by atoms with Gasteiger partial charge in [-0.15, -0.1) is 11.3 Å². The third kappa shape index (κ3) is 6.05. The monoisotopic (exact) mass is 442 g/mol. The molecule has 1 heterocycles. The number of nitrogens with one attached hydrogen (secondary N) is 3. The molecule has 0 aliphatic rings. The van der Waals surface area contributed by atoms with Crippen LogP contribution in [0.4, 0.5) is 4.79 Å². The van der Waals surface area contributed by atoms with Gasteiger partial charge in [0.2, 0.25) is 5.91 Å². The van der Waals surface area contributed by atoms with Crippen LogP contribution in [0, 0.1) is 6.92 Å². The van der Waals surface area contributed by atoms with Gasteiger partial charge in [0.1, 0.15) is 5.01 Å². The number of halogens is 1. The van der Waals surface area contributed by atoms with Crippen LogP contribution in [0.1, 0.15) is 29.1 Å². The van der Waals surface area contributed by atoms with Crippen LogP contribution in [0.3, 0.4) is 0 Å². The summed E-state index contributed by atoms with van der Waals surface area (Å²) in [6.45, 7) is 4.13. The molecule has 3 aromatic rings. The molecule has 1 unspecified atom stereocenters. The summed E-state index contributed by atoms with van der Waals surface area (Å²) < 4.78 is 0. The lowest BCUT2D eigenvalue weighted by atomic mass is 10.2. The Labute approximate surface area is 184 Å². The topological polar surface area (TPSA) is 83.1 Å². The van der Waals surface area contributed by atoms with Crippen molar-refractivity contribution in [3.63, 3.8) is 0 Å². The first-order valence-corrected chi connectivity index (χ1v) is 10.7. The minimum absolute atomic E-state index is 0.0942. The van der Waals surface area contributed by atoms with Crippen LogP contribution >= 0.6 is 22.9 Å². The van der Waals surface area contributed by atoms with E-state index in [4.69, 9.17) is 11.6 Å². The van der Waals surface area contributed by atoms with Crippen molar-refractivity contribution < 1.29 is 9.59 Å². The van der Waals surface area contributed by atoms with Crippen molar-refractivity contribution in [2.24, 2.45) is 0 Å². The van der Waals surface area contributed by atoms with E-state index >= 15 is 0 Å². The van der Waals surface area contributed by atoms with Gasteiger partial charge in [-0.2, -0.15) is 0 Å². The van der Waals surface area contributed by atoms with E-state index in [1.54, 1.807) is 0 Å². The van der Waals surface area contributed by atoms with Gasteiger partial charge in [0.05, 0.1) is 23.2 Å². The number of hydrogen-bond acceptors (Lipinski definition) is 4. The predicted molar refractivity (Wildman–Crippen MR) is 121 cm³/mol. The molecule has 3 amide bonds. The minimum atomic E-state index is -0.404. The van der Waals surface area contributed by atoms with Gasteiger partial charge < -0.3 is 16.0 Å². The summed E-state index contributed by atoms with van der Waals surface area (Å²) in [6, 6.07) is 16.4. The normalized spacial score (nSPS) is 11.6. The molecule has 0 saturated carbocycles. The van der Waals surface area contributed by atoms with Crippen molar-refractivity contribution in [1.29, 1.82) is 0 Å². The molecule has 0 fully saturated rings. The maximum Gasteiger partial charge on any atom is 0.315 e. The first-order valence-electron chi connectivity index (χ1n) is 9.50. The quantitative estimate of drug-likeness (QED) is 0.505. The maximum absolute atomic E-state index is 12.2. The van der Waals surface area contributed by atoms with Gasteiger partial charge in [-0.25, -0.2) is 9.78 Å². The molecule has 3 rings (SSSR count). The van der Waals surface area contributed by atoms with Gasteiger partial charge in [-0.05, 0) is 31.5 Å². The highest BCUT2D eigenvalue weighted by Crippen LogP contribution is 2.32. The number of carbonyl (C=O) groups is 2. The van der Waals surface area contributed by atoms with Gasteiger partial charge in [-0.3, -0.25) is 4.79 Å². The number of urea groups is 1. The van der Waals surface area contributed by atoms with Crippen LogP contribution in [0.2, 0.25) is 5.02 Å². The Kier molecular flexibility index (Phi) is 7.43. The standard InChI is InChI=1S/C22H23ClN4O2S/c1-14-20(30-21(26-14)17-8-10-18(23)11-9-17)15(2)27-22(29)25-13-19(28)24-12-16-6-4-3-5-7-16/h3-11,15H,12-13H2,1-2H3,(H,24,28)(H2,25,27,29). The van der Waals surface area contributed by atoms with E-state index < -0.39 is 6.03 Å². The molecule has 2 aromatic carbocycles. The number of thiazole rings is 1. The van der Waals surface area contributed by atoms with Crippen molar-refractivity contribution in [2.75, 3.05) is 6.54 Å². The van der Waals surface area contributed by atoms with E-state index in [-0.39, 0.29) is 18.5 Å². The number of aromatic nitrogens is 1. The van der Waals surface area contributed by atoms with Crippen LogP contribution in [-0.4, -0.2) is 23.5 Å². The number of rotatable bonds is 7. The second kappa shape index (κ2) is 10.2. The summed E-state index contributed by atoms with van der Waals surface area (Å²) in [5, 5.41) is 9.77. The zero-order chi connectivity index (χ0) is 21.5. The molecule has 0 bridgehead atoms. The van der Waals surface area contributed by atoms with E-state index in [1.807, 2.05) is 68.4 Å². The SMILES string of the molecule is Cc1nc(-c2ccc(Cl)cc2)sc1C(C)NC(=O)NCC(=O)NCc1ccccc1. The fraction of sp³-hybridized carbons (Fsp3) is 0.227. The highest BCUT2D eigenvalue weighted by atomic mass is 35.5. The third-order valence-corrected chi connectivity index (χ3v) is 6.05. The first kappa shape index (κ1) is 21.8. The number of aryl methyl sites for hydroxylation is 1. The largest absolute Gasteiger partial charge is 0.350 e. The van der Waals surface area contributed by atoms with Crippen LogP contribution in [0.25, 0.3) is 10.6 Å². The number of nitrogens with zero attached hydrogens (tertiary/aromatic N) is 1. The van der Waals surface area contributed by atoms with Crippen LogP contribution < -0.4 is 16.0 Å². The Morgan fingerprint density at radius 3 is 2.47 bits per heavy atom. The smallest absolute Gasteiger partial charge is 0.315 e. The van der Waals surface area contributed by atoms with Crippen LogP contribution in [-0.2, 0) is 11.3 Å². The molecular formula is C22H23ClN4O2S. The molecule has 30 heavy (non-hydrogen) atoms. The molecule has 0 radical (unpaired) electrons. The molecule has 1 aromatic heterocycles.